The van der Waals surface area contributed by atoms with Crippen molar-refractivity contribution in [1.82, 2.24) is 0 Å². The van der Waals surface area contributed by atoms with Crippen molar-refractivity contribution in [2.24, 2.45) is 16.7 Å². The highest BCUT2D eigenvalue weighted by molar-refractivity contribution is 6.30. The summed E-state index contributed by atoms with van der Waals surface area (Å²) in [6.45, 7) is 8.62. The van der Waals surface area contributed by atoms with Crippen LogP contribution in [0.3, 0.4) is 0 Å². The molecule has 0 spiro atoms. The number of rotatable bonds is 2. The van der Waals surface area contributed by atoms with Gasteiger partial charge in [0.2, 0.25) is 0 Å². The predicted molar refractivity (Wildman–Crippen MR) is 87.5 cm³/mol. The molecule has 2 atom stereocenters. The third kappa shape index (κ3) is 1.96. The SMILES string of the molecule is Cc1ccc(Cl)cc1N/C=C1\C(=O)[C@@]2(C)CC[C@H]1C2(C)C. The van der Waals surface area contributed by atoms with Crippen molar-refractivity contribution in [3.8, 4) is 0 Å². The van der Waals surface area contributed by atoms with Crippen LogP contribution in [0.1, 0.15) is 39.2 Å². The van der Waals surface area contributed by atoms with E-state index >= 15 is 0 Å². The predicted octanol–water partition coefficient (Wildman–Crippen LogP) is 4.97. The van der Waals surface area contributed by atoms with Gasteiger partial charge in [0.05, 0.1) is 0 Å². The van der Waals surface area contributed by atoms with Crippen molar-refractivity contribution >= 4 is 23.1 Å². The Morgan fingerprint density at radius 3 is 2.67 bits per heavy atom. The zero-order valence-electron chi connectivity index (χ0n) is 13.1. The lowest BCUT2D eigenvalue weighted by Crippen LogP contribution is -2.32. The summed E-state index contributed by atoms with van der Waals surface area (Å²) < 4.78 is 0. The summed E-state index contributed by atoms with van der Waals surface area (Å²) in [5.74, 6) is 0.679. The van der Waals surface area contributed by atoms with E-state index in [1.807, 2.05) is 31.3 Å². The Kier molecular flexibility index (Phi) is 3.21. The van der Waals surface area contributed by atoms with Gasteiger partial charge in [0.25, 0.3) is 0 Å². The maximum Gasteiger partial charge on any atom is 0.167 e. The minimum atomic E-state index is -0.200. The second-order valence-corrected chi connectivity index (χ2v) is 7.61. The fourth-order valence-corrected chi connectivity index (χ4v) is 4.17. The Hall–Kier alpha value is -1.28. The molecule has 2 bridgehead atoms. The number of benzene rings is 1. The first-order chi connectivity index (χ1) is 9.77. The molecule has 2 saturated carbocycles. The first kappa shape index (κ1) is 14.6. The maximum absolute atomic E-state index is 12.7. The van der Waals surface area contributed by atoms with Crippen LogP contribution < -0.4 is 5.32 Å². The van der Waals surface area contributed by atoms with Crippen molar-refractivity contribution in [2.75, 3.05) is 5.32 Å². The lowest BCUT2D eigenvalue weighted by Gasteiger charge is -2.31. The Morgan fingerprint density at radius 2 is 2.05 bits per heavy atom. The fourth-order valence-electron chi connectivity index (χ4n) is 4.00. The second kappa shape index (κ2) is 4.61. The zero-order valence-corrected chi connectivity index (χ0v) is 13.8. The molecule has 0 saturated heterocycles. The summed E-state index contributed by atoms with van der Waals surface area (Å²) in [6.07, 6.45) is 4.03. The molecule has 3 rings (SSSR count). The number of anilines is 1. The molecule has 1 N–H and O–H groups in total. The standard InChI is InChI=1S/C18H22ClNO/c1-11-5-6-12(19)9-15(11)20-10-13-14-7-8-18(4,16(13)21)17(14,2)3/h5-6,9-10,14,20H,7-8H2,1-4H3/b13-10-/t14-,18-/m1/s1. The van der Waals surface area contributed by atoms with Crippen LogP contribution in [0.15, 0.2) is 30.0 Å². The van der Waals surface area contributed by atoms with E-state index in [1.54, 1.807) is 0 Å². The normalized spacial score (nSPS) is 32.0. The van der Waals surface area contributed by atoms with Gasteiger partial charge >= 0.3 is 0 Å². The van der Waals surface area contributed by atoms with Crippen LogP contribution in [0.4, 0.5) is 5.69 Å². The fraction of sp³-hybridized carbons (Fsp3) is 0.500. The van der Waals surface area contributed by atoms with Crippen molar-refractivity contribution in [3.63, 3.8) is 0 Å². The molecule has 0 amide bonds. The van der Waals surface area contributed by atoms with Gasteiger partial charge in [-0.1, -0.05) is 38.4 Å². The van der Waals surface area contributed by atoms with Crippen LogP contribution in [-0.2, 0) is 4.79 Å². The van der Waals surface area contributed by atoms with Gasteiger partial charge in [-0.25, -0.2) is 0 Å². The topological polar surface area (TPSA) is 29.1 Å². The van der Waals surface area contributed by atoms with Crippen LogP contribution in [-0.4, -0.2) is 5.78 Å². The molecule has 0 aromatic heterocycles. The Labute approximate surface area is 131 Å². The van der Waals surface area contributed by atoms with Gasteiger partial charge in [-0.2, -0.15) is 0 Å². The van der Waals surface area contributed by atoms with E-state index in [2.05, 4.69) is 26.1 Å². The molecule has 2 aliphatic rings. The summed E-state index contributed by atoms with van der Waals surface area (Å²) in [5, 5.41) is 4.00. The molecular formula is C18H22ClNO. The van der Waals surface area contributed by atoms with Crippen molar-refractivity contribution in [2.45, 2.75) is 40.5 Å². The quantitative estimate of drug-likeness (QED) is 0.782. The number of hydrogen-bond acceptors (Lipinski definition) is 2. The Bertz CT molecular complexity index is 647. The number of halogens is 1. The van der Waals surface area contributed by atoms with E-state index in [0.717, 1.165) is 29.7 Å². The number of hydrogen-bond donors (Lipinski definition) is 1. The average Bonchev–Trinajstić information content (AvgIpc) is 2.73. The van der Waals surface area contributed by atoms with Gasteiger partial charge < -0.3 is 5.32 Å². The van der Waals surface area contributed by atoms with Crippen molar-refractivity contribution in [3.05, 3.63) is 40.6 Å². The maximum atomic E-state index is 12.7. The summed E-state index contributed by atoms with van der Waals surface area (Å²) in [7, 11) is 0. The number of carbonyl (C=O) groups excluding carboxylic acids is 1. The number of Topliss-reactive ketones (excluding diaryl/α,β-unsaturated/α-hetero) is 1. The molecule has 112 valence electrons. The van der Waals surface area contributed by atoms with Gasteiger partial charge in [-0.3, -0.25) is 4.79 Å². The first-order valence-corrected chi connectivity index (χ1v) is 7.93. The number of carbonyl (C=O) groups is 1. The molecule has 0 aliphatic heterocycles. The van der Waals surface area contributed by atoms with Gasteiger partial charge in [-0.15, -0.1) is 0 Å². The summed E-state index contributed by atoms with van der Waals surface area (Å²) in [6, 6.07) is 5.76. The molecule has 2 fully saturated rings. The molecule has 2 aliphatic carbocycles. The van der Waals surface area contributed by atoms with Crippen LogP contribution in [0, 0.1) is 23.7 Å². The smallest absolute Gasteiger partial charge is 0.167 e. The van der Waals surface area contributed by atoms with Gasteiger partial charge in [0, 0.05) is 27.9 Å². The van der Waals surface area contributed by atoms with Crippen LogP contribution in [0.5, 0.6) is 0 Å². The van der Waals surface area contributed by atoms with E-state index in [-0.39, 0.29) is 10.8 Å². The summed E-state index contributed by atoms with van der Waals surface area (Å²) >= 11 is 6.04. The minimum absolute atomic E-state index is 0.0565. The third-order valence-electron chi connectivity index (χ3n) is 5.95. The highest BCUT2D eigenvalue weighted by atomic mass is 35.5. The highest BCUT2D eigenvalue weighted by Crippen LogP contribution is 2.65. The second-order valence-electron chi connectivity index (χ2n) is 7.18. The molecule has 0 heterocycles. The van der Waals surface area contributed by atoms with E-state index in [4.69, 9.17) is 11.6 Å². The Balaban J connectivity index is 1.92. The van der Waals surface area contributed by atoms with Gasteiger partial charge in [0.15, 0.2) is 5.78 Å². The summed E-state index contributed by atoms with van der Waals surface area (Å²) in [4.78, 5) is 12.7. The molecule has 0 radical (unpaired) electrons. The van der Waals surface area contributed by atoms with E-state index in [9.17, 15) is 4.79 Å². The lowest BCUT2D eigenvalue weighted by atomic mass is 9.70. The summed E-state index contributed by atoms with van der Waals surface area (Å²) in [5.41, 5.74) is 2.90. The number of ketones is 1. The molecule has 0 unspecified atom stereocenters. The minimum Gasteiger partial charge on any atom is -0.361 e. The Morgan fingerprint density at radius 1 is 1.33 bits per heavy atom. The van der Waals surface area contributed by atoms with Gasteiger partial charge in [-0.05, 0) is 48.8 Å². The van der Waals surface area contributed by atoms with E-state index in [1.165, 1.54) is 0 Å². The van der Waals surface area contributed by atoms with Crippen LogP contribution in [0.2, 0.25) is 5.02 Å². The number of nitrogens with one attached hydrogen (secondary N) is 1. The average molecular weight is 304 g/mol. The number of fused-ring (bicyclic) bond motifs is 2. The zero-order chi connectivity index (χ0) is 15.4. The molecule has 1 aromatic carbocycles. The third-order valence-corrected chi connectivity index (χ3v) is 6.18. The van der Waals surface area contributed by atoms with E-state index < -0.39 is 0 Å². The largest absolute Gasteiger partial charge is 0.361 e. The van der Waals surface area contributed by atoms with E-state index in [0.29, 0.717) is 16.7 Å². The number of aryl methyl sites for hydroxylation is 1. The molecule has 21 heavy (non-hydrogen) atoms. The molecule has 3 heteroatoms. The van der Waals surface area contributed by atoms with Crippen molar-refractivity contribution in [1.29, 1.82) is 0 Å². The van der Waals surface area contributed by atoms with Crippen LogP contribution in [0.25, 0.3) is 0 Å². The molecule has 1 aromatic rings. The highest BCUT2D eigenvalue weighted by Gasteiger charge is 2.63. The number of allylic oxidation sites excluding steroid dienone is 1. The lowest BCUT2D eigenvalue weighted by molar-refractivity contribution is -0.125. The van der Waals surface area contributed by atoms with Crippen LogP contribution >= 0.6 is 11.6 Å². The van der Waals surface area contributed by atoms with Gasteiger partial charge in [0.1, 0.15) is 0 Å². The first-order valence-electron chi connectivity index (χ1n) is 7.55. The molecule has 2 nitrogen and oxygen atoms in total. The monoisotopic (exact) mass is 303 g/mol. The molecular weight excluding hydrogens is 282 g/mol. The van der Waals surface area contributed by atoms with Crippen molar-refractivity contribution < 1.29 is 4.79 Å².